The summed E-state index contributed by atoms with van der Waals surface area (Å²) in [6.07, 6.45) is 0. The van der Waals surface area contributed by atoms with Gasteiger partial charge < -0.3 is 24.4 Å². The maximum atomic E-state index is 11.8. The van der Waals surface area contributed by atoms with Crippen LogP contribution >= 0.6 is 0 Å². The van der Waals surface area contributed by atoms with Crippen LogP contribution < -0.4 is 10.1 Å². The molecule has 116 valence electrons. The van der Waals surface area contributed by atoms with Crippen molar-refractivity contribution in [1.82, 2.24) is 10.2 Å². The fourth-order valence-corrected chi connectivity index (χ4v) is 2.02. The second-order valence-corrected chi connectivity index (χ2v) is 4.73. The molecule has 2 amide bonds. The summed E-state index contributed by atoms with van der Waals surface area (Å²) in [6, 6.07) is 7.68. The monoisotopic (exact) mass is 294 g/mol. The van der Waals surface area contributed by atoms with Crippen molar-refractivity contribution in [2.45, 2.75) is 6.61 Å². The quantitative estimate of drug-likeness (QED) is 0.802. The molecule has 1 N–H and O–H groups in total. The Hall–Kier alpha value is -1.79. The summed E-state index contributed by atoms with van der Waals surface area (Å²) in [7, 11) is 1.64. The van der Waals surface area contributed by atoms with E-state index in [2.05, 4.69) is 5.32 Å². The Morgan fingerprint density at radius 3 is 2.67 bits per heavy atom. The first-order chi connectivity index (χ1) is 10.3. The maximum absolute atomic E-state index is 11.8. The van der Waals surface area contributed by atoms with Crippen LogP contribution in [-0.4, -0.2) is 57.5 Å². The molecule has 0 radical (unpaired) electrons. The average Bonchev–Trinajstić information content (AvgIpc) is 2.55. The Balaban J connectivity index is 1.57. The van der Waals surface area contributed by atoms with Gasteiger partial charge in [0.2, 0.25) is 0 Å². The summed E-state index contributed by atoms with van der Waals surface area (Å²) in [4.78, 5) is 13.5. The van der Waals surface area contributed by atoms with Gasteiger partial charge in [-0.2, -0.15) is 0 Å². The standard InChI is InChI=1S/C15H22N2O4/c1-19-14-4-2-13(3-5-14)12-21-9-6-16-15(18)17-7-10-20-11-8-17/h2-5H,6-12H2,1H3,(H,16,18). The molecule has 0 aliphatic carbocycles. The number of benzene rings is 1. The fraction of sp³-hybridized carbons (Fsp3) is 0.533. The average molecular weight is 294 g/mol. The van der Waals surface area contributed by atoms with Crippen LogP contribution in [0.1, 0.15) is 5.56 Å². The lowest BCUT2D eigenvalue weighted by Gasteiger charge is -2.26. The first-order valence-electron chi connectivity index (χ1n) is 7.11. The summed E-state index contributed by atoms with van der Waals surface area (Å²) in [5.41, 5.74) is 1.08. The minimum absolute atomic E-state index is 0.0497. The molecule has 0 aromatic heterocycles. The van der Waals surface area contributed by atoms with E-state index in [1.54, 1.807) is 12.0 Å². The van der Waals surface area contributed by atoms with E-state index in [9.17, 15) is 4.79 Å². The number of rotatable bonds is 6. The molecule has 0 atom stereocenters. The molecule has 1 fully saturated rings. The number of ether oxygens (including phenoxy) is 3. The second kappa shape index (κ2) is 8.49. The van der Waals surface area contributed by atoms with Gasteiger partial charge >= 0.3 is 6.03 Å². The van der Waals surface area contributed by atoms with Gasteiger partial charge in [-0.05, 0) is 17.7 Å². The Morgan fingerprint density at radius 2 is 2.00 bits per heavy atom. The molecule has 0 saturated carbocycles. The van der Waals surface area contributed by atoms with E-state index in [1.165, 1.54) is 0 Å². The van der Waals surface area contributed by atoms with Gasteiger partial charge in [0.25, 0.3) is 0 Å². The van der Waals surface area contributed by atoms with E-state index in [1.807, 2.05) is 24.3 Å². The minimum atomic E-state index is -0.0497. The van der Waals surface area contributed by atoms with Gasteiger partial charge in [-0.1, -0.05) is 12.1 Å². The largest absolute Gasteiger partial charge is 0.497 e. The molecule has 0 bridgehead atoms. The number of morpholine rings is 1. The number of methoxy groups -OCH3 is 1. The lowest BCUT2D eigenvalue weighted by atomic mass is 10.2. The summed E-state index contributed by atoms with van der Waals surface area (Å²) in [5, 5.41) is 2.84. The minimum Gasteiger partial charge on any atom is -0.497 e. The molecule has 6 nitrogen and oxygen atoms in total. The number of urea groups is 1. The van der Waals surface area contributed by atoms with Gasteiger partial charge in [-0.15, -0.1) is 0 Å². The Labute approximate surface area is 125 Å². The first kappa shape index (κ1) is 15.6. The molecular weight excluding hydrogens is 272 g/mol. The predicted octanol–water partition coefficient (Wildman–Crippen LogP) is 1.25. The Bertz CT molecular complexity index is 430. The highest BCUT2D eigenvalue weighted by Crippen LogP contribution is 2.11. The van der Waals surface area contributed by atoms with Crippen LogP contribution in [0.5, 0.6) is 5.75 Å². The van der Waals surface area contributed by atoms with Crippen LogP contribution in [0.3, 0.4) is 0 Å². The summed E-state index contributed by atoms with van der Waals surface area (Å²) in [5.74, 6) is 0.830. The van der Waals surface area contributed by atoms with Crippen LogP contribution in [0.25, 0.3) is 0 Å². The summed E-state index contributed by atoms with van der Waals surface area (Å²) < 4.78 is 15.8. The Morgan fingerprint density at radius 1 is 1.29 bits per heavy atom. The van der Waals surface area contributed by atoms with Crippen LogP contribution in [0.15, 0.2) is 24.3 Å². The molecule has 21 heavy (non-hydrogen) atoms. The highest BCUT2D eigenvalue weighted by molar-refractivity contribution is 5.74. The van der Waals surface area contributed by atoms with Crippen molar-refractivity contribution in [1.29, 1.82) is 0 Å². The van der Waals surface area contributed by atoms with Crippen LogP contribution in [-0.2, 0) is 16.1 Å². The van der Waals surface area contributed by atoms with Crippen LogP contribution in [0.2, 0.25) is 0 Å². The maximum Gasteiger partial charge on any atom is 0.317 e. The lowest BCUT2D eigenvalue weighted by Crippen LogP contribution is -2.46. The molecule has 1 aromatic rings. The van der Waals surface area contributed by atoms with E-state index in [0.29, 0.717) is 46.1 Å². The highest BCUT2D eigenvalue weighted by atomic mass is 16.5. The van der Waals surface area contributed by atoms with Crippen molar-refractivity contribution in [2.75, 3.05) is 46.6 Å². The van der Waals surface area contributed by atoms with Gasteiger partial charge in [0.15, 0.2) is 0 Å². The molecule has 1 aromatic carbocycles. The normalized spacial score (nSPS) is 14.8. The summed E-state index contributed by atoms with van der Waals surface area (Å²) >= 11 is 0. The van der Waals surface area contributed by atoms with E-state index in [0.717, 1.165) is 11.3 Å². The zero-order valence-corrected chi connectivity index (χ0v) is 12.3. The van der Waals surface area contributed by atoms with Crippen molar-refractivity contribution >= 4 is 6.03 Å². The fourth-order valence-electron chi connectivity index (χ4n) is 2.02. The third-order valence-corrected chi connectivity index (χ3v) is 3.25. The van der Waals surface area contributed by atoms with Crippen LogP contribution in [0.4, 0.5) is 4.79 Å². The zero-order chi connectivity index (χ0) is 14.9. The number of amides is 2. The molecule has 6 heteroatoms. The molecule has 1 aliphatic rings. The lowest BCUT2D eigenvalue weighted by molar-refractivity contribution is 0.0522. The van der Waals surface area contributed by atoms with E-state index < -0.39 is 0 Å². The van der Waals surface area contributed by atoms with Crippen LogP contribution in [0, 0.1) is 0 Å². The van der Waals surface area contributed by atoms with Gasteiger partial charge in [0.1, 0.15) is 5.75 Å². The molecule has 0 unspecified atom stereocenters. The van der Waals surface area contributed by atoms with Crippen molar-refractivity contribution < 1.29 is 19.0 Å². The number of nitrogens with one attached hydrogen (secondary N) is 1. The Kier molecular flexibility index (Phi) is 6.30. The molecule has 1 heterocycles. The van der Waals surface area contributed by atoms with E-state index >= 15 is 0 Å². The molecule has 2 rings (SSSR count). The molecule has 1 saturated heterocycles. The van der Waals surface area contributed by atoms with Gasteiger partial charge in [-0.3, -0.25) is 0 Å². The van der Waals surface area contributed by atoms with Crippen molar-refractivity contribution in [3.63, 3.8) is 0 Å². The molecule has 1 aliphatic heterocycles. The highest BCUT2D eigenvalue weighted by Gasteiger charge is 2.15. The summed E-state index contributed by atoms with van der Waals surface area (Å²) in [6.45, 7) is 4.05. The number of carbonyl (C=O) groups is 1. The van der Waals surface area contributed by atoms with Crippen molar-refractivity contribution in [3.05, 3.63) is 29.8 Å². The third kappa shape index (κ3) is 5.24. The topological polar surface area (TPSA) is 60.0 Å². The number of hydrogen-bond donors (Lipinski definition) is 1. The van der Waals surface area contributed by atoms with E-state index in [4.69, 9.17) is 14.2 Å². The number of carbonyl (C=O) groups excluding carboxylic acids is 1. The van der Waals surface area contributed by atoms with Crippen molar-refractivity contribution in [2.24, 2.45) is 0 Å². The SMILES string of the molecule is COc1ccc(COCCNC(=O)N2CCOCC2)cc1. The third-order valence-electron chi connectivity index (χ3n) is 3.25. The zero-order valence-electron chi connectivity index (χ0n) is 12.3. The van der Waals surface area contributed by atoms with E-state index in [-0.39, 0.29) is 6.03 Å². The smallest absolute Gasteiger partial charge is 0.317 e. The van der Waals surface area contributed by atoms with Gasteiger partial charge in [0, 0.05) is 19.6 Å². The molecule has 0 spiro atoms. The first-order valence-corrected chi connectivity index (χ1v) is 7.11. The number of hydrogen-bond acceptors (Lipinski definition) is 4. The predicted molar refractivity (Wildman–Crippen MR) is 78.4 cm³/mol. The molecular formula is C15H22N2O4. The van der Waals surface area contributed by atoms with Crippen molar-refractivity contribution in [3.8, 4) is 5.75 Å². The van der Waals surface area contributed by atoms with Gasteiger partial charge in [0.05, 0.1) is 33.5 Å². The number of nitrogens with zero attached hydrogens (tertiary/aromatic N) is 1. The van der Waals surface area contributed by atoms with Gasteiger partial charge in [-0.25, -0.2) is 4.79 Å². The second-order valence-electron chi connectivity index (χ2n) is 4.73.